The van der Waals surface area contributed by atoms with Crippen molar-refractivity contribution in [1.29, 1.82) is 0 Å². The molecule has 55 heavy (non-hydrogen) atoms. The van der Waals surface area contributed by atoms with Crippen molar-refractivity contribution in [1.82, 2.24) is 30.3 Å². The Balaban J connectivity index is 1.79. The Bertz CT molecular complexity index is 1480. The third-order valence-electron chi connectivity index (χ3n) is 11.3. The van der Waals surface area contributed by atoms with Crippen molar-refractivity contribution in [2.45, 2.75) is 123 Å². The normalized spacial score (nSPS) is 19.0. The van der Waals surface area contributed by atoms with Crippen LogP contribution in [0, 0.1) is 23.7 Å². The van der Waals surface area contributed by atoms with Gasteiger partial charge in [0.05, 0.1) is 48.7 Å². The first kappa shape index (κ1) is 46.0. The highest BCUT2D eigenvalue weighted by Gasteiger charge is 2.43. The maximum absolute atomic E-state index is 14.3. The van der Waals surface area contributed by atoms with Crippen molar-refractivity contribution in [3.63, 3.8) is 0 Å². The number of carbonyl (C=O) groups excluding carboxylic acids is 4. The van der Waals surface area contributed by atoms with Gasteiger partial charge >= 0.3 is 0 Å². The van der Waals surface area contributed by atoms with E-state index in [2.05, 4.69) is 29.5 Å². The second kappa shape index (κ2) is 21.8. The van der Waals surface area contributed by atoms with Gasteiger partial charge in [0.25, 0.3) is 0 Å². The zero-order valence-electron chi connectivity index (χ0n) is 35.3. The number of aromatic nitrogens is 1. The fourth-order valence-electron chi connectivity index (χ4n) is 8.17. The summed E-state index contributed by atoms with van der Waals surface area (Å²) in [5.74, 6) is -1.35. The summed E-state index contributed by atoms with van der Waals surface area (Å²) < 4.78 is 12.1. The Hall–Kier alpha value is -3.39. The molecule has 1 fully saturated rings. The number of rotatable bonds is 21. The van der Waals surface area contributed by atoms with E-state index in [1.807, 2.05) is 94.2 Å². The molecule has 0 aliphatic carbocycles. The van der Waals surface area contributed by atoms with Gasteiger partial charge in [-0.3, -0.25) is 24.1 Å². The van der Waals surface area contributed by atoms with Crippen LogP contribution < -0.4 is 10.6 Å². The molecule has 0 unspecified atom stereocenters. The van der Waals surface area contributed by atoms with Crippen LogP contribution in [0.4, 0.5) is 0 Å². The van der Waals surface area contributed by atoms with Crippen LogP contribution in [0.2, 0.25) is 0 Å². The highest BCUT2D eigenvalue weighted by molar-refractivity contribution is 7.09. The molecule has 4 amide bonds. The number of ether oxygens (including phenoxy) is 2. The maximum atomic E-state index is 14.3. The summed E-state index contributed by atoms with van der Waals surface area (Å²) in [6.45, 7) is 14.3. The summed E-state index contributed by atoms with van der Waals surface area (Å²) >= 11 is 1.51. The van der Waals surface area contributed by atoms with Gasteiger partial charge in [0.1, 0.15) is 11.0 Å². The van der Waals surface area contributed by atoms with Crippen molar-refractivity contribution in [3.8, 4) is 0 Å². The number of likely N-dealkylation sites (N-methyl/N-ethyl adjacent to an activating group) is 2. The molecule has 0 saturated carbocycles. The predicted octanol–water partition coefficient (Wildman–Crippen LogP) is 5.19. The van der Waals surface area contributed by atoms with E-state index in [1.165, 1.54) is 11.3 Å². The van der Waals surface area contributed by atoms with Gasteiger partial charge in [0, 0.05) is 39.4 Å². The minimum Gasteiger partial charge on any atom is -0.379 e. The number of thiazole rings is 1. The number of hydrogen-bond acceptors (Lipinski definition) is 9. The summed E-state index contributed by atoms with van der Waals surface area (Å²) in [6.07, 6.45) is 3.49. The minimum atomic E-state index is -0.751. The van der Waals surface area contributed by atoms with E-state index in [4.69, 9.17) is 9.47 Å². The van der Waals surface area contributed by atoms with Crippen molar-refractivity contribution < 1.29 is 28.7 Å². The largest absolute Gasteiger partial charge is 0.379 e. The fourth-order valence-corrected chi connectivity index (χ4v) is 8.86. The molecule has 1 saturated heterocycles. The molecular formula is C42H68N6O6S. The molecule has 1 aliphatic heterocycles. The Kier molecular flexibility index (Phi) is 18.2. The fraction of sp³-hybridized carbons (Fsp3) is 0.690. The molecule has 0 radical (unpaired) electrons. The molecule has 12 nitrogen and oxygen atoms in total. The number of benzene rings is 1. The van der Waals surface area contributed by atoms with E-state index >= 15 is 0 Å². The topological polar surface area (TPSA) is 133 Å². The molecule has 2 heterocycles. The van der Waals surface area contributed by atoms with Gasteiger partial charge < -0.3 is 29.9 Å². The molecular weight excluding hydrogens is 717 g/mol. The third-order valence-corrected chi connectivity index (χ3v) is 12.2. The van der Waals surface area contributed by atoms with Gasteiger partial charge in [0.2, 0.25) is 23.6 Å². The number of likely N-dealkylation sites (tertiary alicyclic amines) is 1. The standard InChI is InChI=1S/C42H68N6O6S/c1-13-28(6)37(47(10)42(52)35(26(2)3)45-40(51)36(27(4)5)46(8)9)33(53-11)25-34(49)48-22-17-20-32(48)38(54-12)29(7)39(50)44-31(41-43-21-23-55-41)24-30-18-15-14-16-19-30/h14-16,18-19,21,23,26-29,31-33,35-38H,13,17,20,22,24-25H2,1-12H3,(H,44,50)(H,45,51)/t28-,29+,31-,32-,33-,35-,36-,37-,38+/m0/s1. The molecule has 13 heteroatoms. The Morgan fingerprint density at radius 1 is 0.945 bits per heavy atom. The molecule has 9 atom stereocenters. The first-order valence-corrected chi connectivity index (χ1v) is 20.8. The number of methoxy groups -OCH3 is 2. The Labute approximate surface area is 334 Å². The molecule has 1 aliphatic rings. The minimum absolute atomic E-state index is 0.00751. The van der Waals surface area contributed by atoms with Crippen molar-refractivity contribution in [2.24, 2.45) is 23.7 Å². The van der Waals surface area contributed by atoms with E-state index in [0.717, 1.165) is 23.4 Å². The molecule has 2 N–H and O–H groups in total. The first-order valence-electron chi connectivity index (χ1n) is 19.9. The van der Waals surface area contributed by atoms with Crippen molar-refractivity contribution in [3.05, 3.63) is 52.5 Å². The quantitative estimate of drug-likeness (QED) is 0.177. The number of carbonyl (C=O) groups is 4. The van der Waals surface area contributed by atoms with Gasteiger partial charge in [-0.15, -0.1) is 11.3 Å². The molecule has 1 aromatic heterocycles. The van der Waals surface area contributed by atoms with Gasteiger partial charge in [-0.1, -0.05) is 85.2 Å². The molecule has 0 spiro atoms. The third kappa shape index (κ3) is 12.1. The Morgan fingerprint density at radius 2 is 1.62 bits per heavy atom. The second-order valence-corrected chi connectivity index (χ2v) is 17.0. The number of hydrogen-bond donors (Lipinski definition) is 2. The number of amides is 4. The highest BCUT2D eigenvalue weighted by atomic mass is 32.1. The lowest BCUT2D eigenvalue weighted by molar-refractivity contribution is -0.148. The van der Waals surface area contributed by atoms with Gasteiger partial charge in [-0.25, -0.2) is 4.98 Å². The average molecular weight is 785 g/mol. The summed E-state index contributed by atoms with van der Waals surface area (Å²) in [5.41, 5.74) is 1.09. The number of nitrogens with one attached hydrogen (secondary N) is 2. The van der Waals surface area contributed by atoms with Crippen LogP contribution >= 0.6 is 11.3 Å². The second-order valence-electron chi connectivity index (χ2n) is 16.1. The molecule has 1 aromatic carbocycles. The van der Waals surface area contributed by atoms with E-state index in [-0.39, 0.29) is 65.9 Å². The average Bonchev–Trinajstić information content (AvgIpc) is 3.87. The monoisotopic (exact) mass is 784 g/mol. The van der Waals surface area contributed by atoms with Crippen LogP contribution in [-0.4, -0.2) is 122 Å². The van der Waals surface area contributed by atoms with Crippen LogP contribution in [-0.2, 0) is 35.1 Å². The van der Waals surface area contributed by atoms with Crippen LogP contribution in [0.3, 0.4) is 0 Å². The van der Waals surface area contributed by atoms with Crippen LogP contribution in [0.5, 0.6) is 0 Å². The molecule has 3 rings (SSSR count). The molecule has 2 aromatic rings. The molecule has 308 valence electrons. The van der Waals surface area contributed by atoms with Crippen LogP contribution in [0.1, 0.15) is 90.8 Å². The zero-order valence-corrected chi connectivity index (χ0v) is 36.1. The van der Waals surface area contributed by atoms with E-state index < -0.39 is 30.2 Å². The van der Waals surface area contributed by atoms with Crippen LogP contribution in [0.25, 0.3) is 0 Å². The summed E-state index contributed by atoms with van der Waals surface area (Å²) in [7, 11) is 8.66. The van der Waals surface area contributed by atoms with E-state index in [1.54, 1.807) is 32.4 Å². The summed E-state index contributed by atoms with van der Waals surface area (Å²) in [5, 5.41) is 9.02. The predicted molar refractivity (Wildman–Crippen MR) is 218 cm³/mol. The van der Waals surface area contributed by atoms with Gasteiger partial charge in [-0.2, -0.15) is 0 Å². The smallest absolute Gasteiger partial charge is 0.245 e. The number of nitrogens with zero attached hydrogens (tertiary/aromatic N) is 4. The van der Waals surface area contributed by atoms with Crippen LogP contribution in [0.15, 0.2) is 41.9 Å². The lowest BCUT2D eigenvalue weighted by atomic mass is 9.89. The zero-order chi connectivity index (χ0) is 41.0. The van der Waals surface area contributed by atoms with E-state index in [0.29, 0.717) is 19.4 Å². The SMILES string of the molecule is CC[C@H](C)[C@@H]([C@H](CC(=O)N1CCC[C@H]1[C@H](OC)[C@@H](C)C(=O)N[C@@H](Cc1ccccc1)c1nccs1)OC)N(C)C(=O)[C@@H](NC(=O)[C@H](C(C)C)N(C)C)C(C)C. The summed E-state index contributed by atoms with van der Waals surface area (Å²) in [4.78, 5) is 65.8. The van der Waals surface area contributed by atoms with Gasteiger partial charge in [-0.05, 0) is 56.7 Å². The summed E-state index contributed by atoms with van der Waals surface area (Å²) in [6, 6.07) is 7.83. The maximum Gasteiger partial charge on any atom is 0.245 e. The van der Waals surface area contributed by atoms with Gasteiger partial charge in [0.15, 0.2) is 0 Å². The van der Waals surface area contributed by atoms with Crippen molar-refractivity contribution in [2.75, 3.05) is 41.9 Å². The highest BCUT2D eigenvalue weighted by Crippen LogP contribution is 2.30. The first-order chi connectivity index (χ1) is 26.1. The van der Waals surface area contributed by atoms with Crippen molar-refractivity contribution >= 4 is 35.0 Å². The molecule has 0 bridgehead atoms. The van der Waals surface area contributed by atoms with E-state index in [9.17, 15) is 19.2 Å². The lowest BCUT2D eigenvalue weighted by Crippen LogP contribution is -2.59. The Morgan fingerprint density at radius 3 is 2.15 bits per heavy atom. The lowest BCUT2D eigenvalue weighted by Gasteiger charge is -2.41.